The molecule has 0 saturated heterocycles. The first kappa shape index (κ1) is 21.6. The molecular formula is C23H19N7. The second kappa shape index (κ2) is 10.6. The summed E-state index contributed by atoms with van der Waals surface area (Å²) in [7, 11) is 0. The van der Waals surface area contributed by atoms with Gasteiger partial charge in [-0.2, -0.15) is 15.5 Å². The van der Waals surface area contributed by atoms with Gasteiger partial charge in [-0.15, -0.1) is 0 Å². The first-order valence-electron chi connectivity index (χ1n) is 8.89. The van der Waals surface area contributed by atoms with Crippen molar-refractivity contribution in [2.45, 2.75) is 13.8 Å². The van der Waals surface area contributed by atoms with E-state index in [1.165, 1.54) is 6.08 Å². The summed E-state index contributed by atoms with van der Waals surface area (Å²) in [4.78, 5) is 8.75. The summed E-state index contributed by atoms with van der Waals surface area (Å²) in [5.74, 6) is 1.12. The number of hydrogen-bond donors (Lipinski definition) is 2. The lowest BCUT2D eigenvalue weighted by atomic mass is 10.0. The molecule has 3 rings (SSSR count). The van der Waals surface area contributed by atoms with Crippen molar-refractivity contribution in [2.75, 3.05) is 10.6 Å². The molecule has 7 nitrogen and oxygen atoms in total. The van der Waals surface area contributed by atoms with E-state index in [4.69, 9.17) is 15.8 Å². The van der Waals surface area contributed by atoms with Gasteiger partial charge in [0.1, 0.15) is 5.82 Å². The molecule has 1 aromatic heterocycles. The van der Waals surface area contributed by atoms with E-state index in [-0.39, 0.29) is 0 Å². The van der Waals surface area contributed by atoms with Crippen molar-refractivity contribution in [3.8, 4) is 18.7 Å². The SMILES string of the molecule is C#N.Cc1cc(/C=C\C#N)cc(C)c1Nc1ccnc(Nc2ccc(C#N)cc2)n1. The van der Waals surface area contributed by atoms with Gasteiger partial charge < -0.3 is 10.6 Å². The Morgan fingerprint density at radius 1 is 0.967 bits per heavy atom. The van der Waals surface area contributed by atoms with Crippen molar-refractivity contribution < 1.29 is 0 Å². The smallest absolute Gasteiger partial charge is 0.229 e. The number of anilines is 4. The number of allylic oxidation sites excluding steroid dienone is 1. The number of nitriles is 3. The highest BCUT2D eigenvalue weighted by molar-refractivity contribution is 5.69. The molecule has 0 saturated carbocycles. The lowest BCUT2D eigenvalue weighted by molar-refractivity contribution is 1.16. The number of benzene rings is 2. The summed E-state index contributed by atoms with van der Waals surface area (Å²) in [5, 5.41) is 30.5. The van der Waals surface area contributed by atoms with E-state index in [1.54, 1.807) is 30.5 Å². The van der Waals surface area contributed by atoms with Crippen molar-refractivity contribution in [3.05, 3.63) is 77.0 Å². The number of nitrogens with one attached hydrogen (secondary N) is 2. The van der Waals surface area contributed by atoms with E-state index in [1.807, 2.05) is 44.2 Å². The maximum absolute atomic E-state index is 8.88. The number of rotatable bonds is 5. The van der Waals surface area contributed by atoms with Gasteiger partial charge in [-0.1, -0.05) is 0 Å². The second-order valence-electron chi connectivity index (χ2n) is 6.20. The van der Waals surface area contributed by atoms with Crippen molar-refractivity contribution in [1.29, 1.82) is 15.8 Å². The maximum Gasteiger partial charge on any atom is 0.229 e. The predicted molar refractivity (Wildman–Crippen MR) is 117 cm³/mol. The molecule has 30 heavy (non-hydrogen) atoms. The highest BCUT2D eigenvalue weighted by Crippen LogP contribution is 2.26. The molecule has 0 atom stereocenters. The molecule has 2 aromatic carbocycles. The molecule has 0 unspecified atom stereocenters. The van der Waals surface area contributed by atoms with Gasteiger partial charge in [-0.3, -0.25) is 0 Å². The normalized spacial score (nSPS) is 9.67. The largest absolute Gasteiger partial charge is 0.340 e. The predicted octanol–water partition coefficient (Wildman–Crippen LogP) is 5.13. The zero-order chi connectivity index (χ0) is 21.9. The first-order chi connectivity index (χ1) is 14.6. The molecule has 0 aliphatic carbocycles. The Hall–Kier alpha value is -4.67. The quantitative estimate of drug-likeness (QED) is 0.576. The summed E-state index contributed by atoms with van der Waals surface area (Å²) in [6, 6.07) is 17.0. The maximum atomic E-state index is 8.88. The molecule has 0 amide bonds. The van der Waals surface area contributed by atoms with Crippen LogP contribution in [-0.4, -0.2) is 9.97 Å². The standard InChI is InChI=1S/C22H18N6.CHN/c1-15-12-18(4-3-10-23)13-16(2)21(15)27-20-9-11-25-22(28-20)26-19-7-5-17(14-24)6-8-19;1-2/h3-9,11-13H,1-2H3,(H2,25,26,27,28);1H/b4-3-;. The molecule has 0 spiro atoms. The van der Waals surface area contributed by atoms with Crippen LogP contribution in [0.2, 0.25) is 0 Å². The Bertz CT molecular complexity index is 1120. The average Bonchev–Trinajstić information content (AvgIpc) is 2.77. The third-order valence-corrected chi connectivity index (χ3v) is 4.08. The zero-order valence-electron chi connectivity index (χ0n) is 16.6. The summed E-state index contributed by atoms with van der Waals surface area (Å²) in [5.41, 5.74) is 5.46. The fourth-order valence-corrected chi connectivity index (χ4v) is 2.80. The topological polar surface area (TPSA) is 121 Å². The van der Waals surface area contributed by atoms with E-state index in [0.29, 0.717) is 17.3 Å². The number of aryl methyl sites for hydroxylation is 2. The summed E-state index contributed by atoms with van der Waals surface area (Å²) < 4.78 is 0. The molecule has 0 bridgehead atoms. The minimum Gasteiger partial charge on any atom is -0.340 e. The second-order valence-corrected chi connectivity index (χ2v) is 6.20. The molecule has 2 N–H and O–H groups in total. The summed E-state index contributed by atoms with van der Waals surface area (Å²) in [6.45, 7) is 7.52. The lowest BCUT2D eigenvalue weighted by Crippen LogP contribution is -2.02. The minimum absolute atomic E-state index is 0.457. The van der Waals surface area contributed by atoms with Crippen LogP contribution in [0, 0.1) is 48.3 Å². The molecule has 1 heterocycles. The highest BCUT2D eigenvalue weighted by Gasteiger charge is 2.07. The van der Waals surface area contributed by atoms with Gasteiger partial charge in [-0.25, -0.2) is 10.2 Å². The summed E-state index contributed by atoms with van der Waals surface area (Å²) in [6.07, 6.45) is 4.93. The number of nitrogens with zero attached hydrogens (tertiary/aromatic N) is 5. The van der Waals surface area contributed by atoms with Gasteiger partial charge >= 0.3 is 0 Å². The van der Waals surface area contributed by atoms with Crippen LogP contribution >= 0.6 is 0 Å². The van der Waals surface area contributed by atoms with Crippen molar-refractivity contribution in [1.82, 2.24) is 9.97 Å². The highest BCUT2D eigenvalue weighted by atomic mass is 15.1. The van der Waals surface area contributed by atoms with Crippen molar-refractivity contribution in [3.63, 3.8) is 0 Å². The van der Waals surface area contributed by atoms with Gasteiger partial charge in [0.2, 0.25) is 5.95 Å². The molecule has 146 valence electrons. The molecule has 3 aromatic rings. The molecule has 0 aliphatic heterocycles. The summed E-state index contributed by atoms with van der Waals surface area (Å²) >= 11 is 0. The molecule has 0 aliphatic rings. The Morgan fingerprint density at radius 3 is 2.23 bits per heavy atom. The van der Waals surface area contributed by atoms with E-state index >= 15 is 0 Å². The van der Waals surface area contributed by atoms with Gasteiger partial charge in [0.15, 0.2) is 0 Å². The number of aromatic nitrogens is 2. The van der Waals surface area contributed by atoms with E-state index in [2.05, 4.69) is 33.2 Å². The fraction of sp³-hybridized carbons (Fsp3) is 0.0870. The Balaban J connectivity index is 0.00000155. The fourth-order valence-electron chi connectivity index (χ4n) is 2.80. The number of hydrogen-bond acceptors (Lipinski definition) is 7. The molecule has 7 heteroatoms. The Labute approximate surface area is 175 Å². The van der Waals surface area contributed by atoms with Crippen molar-refractivity contribution >= 4 is 29.2 Å². The Kier molecular flexibility index (Phi) is 7.65. The van der Waals surface area contributed by atoms with Crippen LogP contribution in [0.4, 0.5) is 23.1 Å². The van der Waals surface area contributed by atoms with Gasteiger partial charge in [0, 0.05) is 30.2 Å². The van der Waals surface area contributed by atoms with Crippen LogP contribution in [0.3, 0.4) is 0 Å². The molecule has 0 radical (unpaired) electrons. The van der Waals surface area contributed by atoms with Crippen molar-refractivity contribution in [2.24, 2.45) is 0 Å². The Morgan fingerprint density at radius 2 is 1.63 bits per heavy atom. The zero-order valence-corrected chi connectivity index (χ0v) is 16.6. The lowest BCUT2D eigenvalue weighted by Gasteiger charge is -2.14. The van der Waals surface area contributed by atoms with Crippen LogP contribution in [0.1, 0.15) is 22.3 Å². The van der Waals surface area contributed by atoms with Gasteiger partial charge in [0.05, 0.1) is 17.7 Å². The van der Waals surface area contributed by atoms with Crippen LogP contribution in [0.25, 0.3) is 6.08 Å². The molecule has 0 fully saturated rings. The third kappa shape index (κ3) is 5.66. The average molecular weight is 393 g/mol. The van der Waals surface area contributed by atoms with E-state index in [0.717, 1.165) is 28.1 Å². The van der Waals surface area contributed by atoms with Crippen LogP contribution in [0.15, 0.2) is 54.7 Å². The van der Waals surface area contributed by atoms with Crippen LogP contribution in [-0.2, 0) is 0 Å². The first-order valence-corrected chi connectivity index (χ1v) is 8.89. The minimum atomic E-state index is 0.457. The van der Waals surface area contributed by atoms with Crippen LogP contribution < -0.4 is 10.6 Å². The van der Waals surface area contributed by atoms with Gasteiger partial charge in [-0.05, 0) is 79.1 Å². The third-order valence-electron chi connectivity index (χ3n) is 4.08. The monoisotopic (exact) mass is 393 g/mol. The van der Waals surface area contributed by atoms with Crippen LogP contribution in [0.5, 0.6) is 0 Å². The van der Waals surface area contributed by atoms with E-state index < -0.39 is 0 Å². The van der Waals surface area contributed by atoms with E-state index in [9.17, 15) is 0 Å². The molecular weight excluding hydrogens is 374 g/mol. The van der Waals surface area contributed by atoms with Gasteiger partial charge in [0.25, 0.3) is 0 Å².